The fourth-order valence-electron chi connectivity index (χ4n) is 2.28. The summed E-state index contributed by atoms with van der Waals surface area (Å²) in [4.78, 5) is 24.8. The molecule has 2 rings (SSSR count). The van der Waals surface area contributed by atoms with Gasteiger partial charge in [0.2, 0.25) is 0 Å². The highest BCUT2D eigenvalue weighted by molar-refractivity contribution is 5.95. The molecule has 1 heterocycles. The van der Waals surface area contributed by atoms with Crippen LogP contribution in [-0.2, 0) is 0 Å². The SMILES string of the molecule is CC(=O)c1ccc(NC(=O)N2CCC[C@@H]2CO)cc1. The third-order valence-electron chi connectivity index (χ3n) is 3.39. The number of nitrogens with zero attached hydrogens (tertiary/aromatic N) is 1. The van der Waals surface area contributed by atoms with Crippen molar-refractivity contribution in [3.05, 3.63) is 29.8 Å². The van der Waals surface area contributed by atoms with E-state index in [1.165, 1.54) is 6.92 Å². The molecule has 1 aromatic rings. The maximum atomic E-state index is 12.0. The Hall–Kier alpha value is -1.88. The average Bonchev–Trinajstić information content (AvgIpc) is 2.87. The second-order valence-corrected chi connectivity index (χ2v) is 4.74. The number of benzene rings is 1. The van der Waals surface area contributed by atoms with E-state index in [9.17, 15) is 14.7 Å². The summed E-state index contributed by atoms with van der Waals surface area (Å²) in [7, 11) is 0. The van der Waals surface area contributed by atoms with Crippen LogP contribution in [0.5, 0.6) is 0 Å². The van der Waals surface area contributed by atoms with Crippen LogP contribution < -0.4 is 5.32 Å². The first-order valence-corrected chi connectivity index (χ1v) is 6.41. The van der Waals surface area contributed by atoms with Crippen molar-refractivity contribution in [2.45, 2.75) is 25.8 Å². The Morgan fingerprint density at radius 2 is 2.05 bits per heavy atom. The van der Waals surface area contributed by atoms with Crippen molar-refractivity contribution in [2.75, 3.05) is 18.5 Å². The second-order valence-electron chi connectivity index (χ2n) is 4.74. The standard InChI is InChI=1S/C14H18N2O3/c1-10(18)11-4-6-12(7-5-11)15-14(19)16-8-2-3-13(16)9-17/h4-7,13,17H,2-3,8-9H2,1H3,(H,15,19)/t13-/m1/s1. The number of ketones is 1. The highest BCUT2D eigenvalue weighted by Crippen LogP contribution is 2.18. The fraction of sp³-hybridized carbons (Fsp3) is 0.429. The van der Waals surface area contributed by atoms with Gasteiger partial charge in [0, 0.05) is 17.8 Å². The number of carbonyl (C=O) groups is 2. The Balaban J connectivity index is 2.00. The molecule has 1 saturated heterocycles. The number of rotatable bonds is 3. The van der Waals surface area contributed by atoms with Crippen LogP contribution in [0.2, 0.25) is 0 Å². The molecule has 0 spiro atoms. The minimum atomic E-state index is -0.202. The quantitative estimate of drug-likeness (QED) is 0.817. The maximum absolute atomic E-state index is 12.0. The number of aliphatic hydroxyl groups is 1. The molecular formula is C14H18N2O3. The summed E-state index contributed by atoms with van der Waals surface area (Å²) in [5.41, 5.74) is 1.27. The van der Waals surface area contributed by atoms with Crippen LogP contribution in [0.3, 0.4) is 0 Å². The monoisotopic (exact) mass is 262 g/mol. The molecule has 0 aromatic heterocycles. The molecule has 1 atom stereocenters. The topological polar surface area (TPSA) is 69.6 Å². The predicted octanol–water partition coefficient (Wildman–Crippen LogP) is 1.88. The third-order valence-corrected chi connectivity index (χ3v) is 3.39. The van der Waals surface area contributed by atoms with Gasteiger partial charge in [0.25, 0.3) is 0 Å². The number of amides is 2. The van der Waals surface area contributed by atoms with Crippen molar-refractivity contribution in [3.63, 3.8) is 0 Å². The van der Waals surface area contributed by atoms with Gasteiger partial charge in [0.1, 0.15) is 0 Å². The largest absolute Gasteiger partial charge is 0.394 e. The summed E-state index contributed by atoms with van der Waals surface area (Å²) in [6.45, 7) is 2.17. The summed E-state index contributed by atoms with van der Waals surface area (Å²) in [6, 6.07) is 6.50. The van der Waals surface area contributed by atoms with Crippen LogP contribution in [0.1, 0.15) is 30.1 Å². The molecule has 5 heteroatoms. The molecule has 0 saturated carbocycles. The fourth-order valence-corrected chi connectivity index (χ4v) is 2.28. The average molecular weight is 262 g/mol. The molecule has 0 unspecified atom stereocenters. The number of carbonyl (C=O) groups excluding carboxylic acids is 2. The van der Waals surface area contributed by atoms with Crippen LogP contribution >= 0.6 is 0 Å². The van der Waals surface area contributed by atoms with Gasteiger partial charge in [-0.15, -0.1) is 0 Å². The van der Waals surface area contributed by atoms with Gasteiger partial charge in [-0.1, -0.05) is 0 Å². The van der Waals surface area contributed by atoms with Crippen LogP contribution in [-0.4, -0.2) is 41.0 Å². The molecule has 0 bridgehead atoms. The lowest BCUT2D eigenvalue weighted by Crippen LogP contribution is -2.40. The van der Waals surface area contributed by atoms with Gasteiger partial charge >= 0.3 is 6.03 Å². The number of anilines is 1. The van der Waals surface area contributed by atoms with E-state index >= 15 is 0 Å². The molecule has 1 aliphatic heterocycles. The number of nitrogens with one attached hydrogen (secondary N) is 1. The Morgan fingerprint density at radius 1 is 1.37 bits per heavy atom. The number of likely N-dealkylation sites (tertiary alicyclic amines) is 1. The van der Waals surface area contributed by atoms with Crippen molar-refractivity contribution in [2.24, 2.45) is 0 Å². The maximum Gasteiger partial charge on any atom is 0.322 e. The van der Waals surface area contributed by atoms with E-state index in [1.807, 2.05) is 0 Å². The summed E-state index contributed by atoms with van der Waals surface area (Å²) in [5, 5.41) is 12.0. The molecule has 1 fully saturated rings. The van der Waals surface area contributed by atoms with E-state index in [4.69, 9.17) is 0 Å². The first kappa shape index (κ1) is 13.5. The van der Waals surface area contributed by atoms with Crippen LogP contribution in [0.4, 0.5) is 10.5 Å². The lowest BCUT2D eigenvalue weighted by Gasteiger charge is -2.23. The zero-order valence-electron chi connectivity index (χ0n) is 10.9. The zero-order chi connectivity index (χ0) is 13.8. The van der Waals surface area contributed by atoms with Crippen LogP contribution in [0.15, 0.2) is 24.3 Å². The van der Waals surface area contributed by atoms with Crippen molar-refractivity contribution >= 4 is 17.5 Å². The van der Waals surface area contributed by atoms with Gasteiger partial charge in [-0.2, -0.15) is 0 Å². The third kappa shape index (κ3) is 3.12. The summed E-state index contributed by atoms with van der Waals surface area (Å²) >= 11 is 0. The lowest BCUT2D eigenvalue weighted by molar-refractivity contribution is 0.101. The molecule has 1 aromatic carbocycles. The van der Waals surface area contributed by atoms with E-state index < -0.39 is 0 Å². The van der Waals surface area contributed by atoms with E-state index in [1.54, 1.807) is 29.2 Å². The zero-order valence-corrected chi connectivity index (χ0v) is 10.9. The molecule has 0 radical (unpaired) electrons. The first-order valence-electron chi connectivity index (χ1n) is 6.41. The van der Waals surface area contributed by atoms with Crippen molar-refractivity contribution in [3.8, 4) is 0 Å². The highest BCUT2D eigenvalue weighted by atomic mass is 16.3. The lowest BCUT2D eigenvalue weighted by atomic mass is 10.1. The predicted molar refractivity (Wildman–Crippen MR) is 72.3 cm³/mol. The number of hydrogen-bond acceptors (Lipinski definition) is 3. The number of aliphatic hydroxyl groups excluding tert-OH is 1. The Morgan fingerprint density at radius 3 is 2.63 bits per heavy atom. The van der Waals surface area contributed by atoms with Crippen LogP contribution in [0.25, 0.3) is 0 Å². The summed E-state index contributed by atoms with van der Waals surface area (Å²) < 4.78 is 0. The first-order chi connectivity index (χ1) is 9.11. The van der Waals surface area contributed by atoms with Gasteiger partial charge in [-0.05, 0) is 44.0 Å². The second kappa shape index (κ2) is 5.84. The molecule has 102 valence electrons. The van der Waals surface area contributed by atoms with Crippen molar-refractivity contribution in [1.82, 2.24) is 4.90 Å². The van der Waals surface area contributed by atoms with Gasteiger partial charge in [0.15, 0.2) is 5.78 Å². The Bertz CT molecular complexity index is 470. The summed E-state index contributed by atoms with van der Waals surface area (Å²) in [5.74, 6) is -0.00207. The van der Waals surface area contributed by atoms with Crippen molar-refractivity contribution in [1.29, 1.82) is 0 Å². The Labute approximate surface area is 112 Å². The number of Topliss-reactive ketones (excluding diaryl/α,β-unsaturated/α-hetero) is 1. The normalized spacial score (nSPS) is 18.4. The number of urea groups is 1. The molecule has 5 nitrogen and oxygen atoms in total. The summed E-state index contributed by atoms with van der Waals surface area (Å²) in [6.07, 6.45) is 1.76. The van der Waals surface area contributed by atoms with E-state index in [0.29, 0.717) is 17.8 Å². The smallest absolute Gasteiger partial charge is 0.322 e. The molecule has 2 N–H and O–H groups in total. The van der Waals surface area contributed by atoms with Gasteiger partial charge < -0.3 is 15.3 Å². The van der Waals surface area contributed by atoms with Gasteiger partial charge in [-0.3, -0.25) is 4.79 Å². The van der Waals surface area contributed by atoms with E-state index in [2.05, 4.69) is 5.32 Å². The molecule has 0 aliphatic carbocycles. The number of hydrogen-bond donors (Lipinski definition) is 2. The Kier molecular flexibility index (Phi) is 4.16. The van der Waals surface area contributed by atoms with Crippen LogP contribution in [0, 0.1) is 0 Å². The minimum Gasteiger partial charge on any atom is -0.394 e. The molecule has 1 aliphatic rings. The molecule has 19 heavy (non-hydrogen) atoms. The molecule has 2 amide bonds. The van der Waals surface area contributed by atoms with Gasteiger partial charge in [0.05, 0.1) is 12.6 Å². The van der Waals surface area contributed by atoms with Gasteiger partial charge in [-0.25, -0.2) is 4.79 Å². The van der Waals surface area contributed by atoms with E-state index in [0.717, 1.165) is 12.8 Å². The molecular weight excluding hydrogens is 244 g/mol. The minimum absolute atomic E-state index is 0.00207. The highest BCUT2D eigenvalue weighted by Gasteiger charge is 2.27. The van der Waals surface area contributed by atoms with Crippen molar-refractivity contribution < 1.29 is 14.7 Å². The van der Waals surface area contributed by atoms with E-state index in [-0.39, 0.29) is 24.5 Å².